The van der Waals surface area contributed by atoms with Crippen LogP contribution in [0.25, 0.3) is 0 Å². The van der Waals surface area contributed by atoms with Gasteiger partial charge in [-0.1, -0.05) is 13.8 Å². The summed E-state index contributed by atoms with van der Waals surface area (Å²) < 4.78 is 28.8. The Balaban J connectivity index is 4.87. The van der Waals surface area contributed by atoms with Gasteiger partial charge in [0.15, 0.2) is 0 Å². The highest BCUT2D eigenvalue weighted by Gasteiger charge is 2.38. The summed E-state index contributed by atoms with van der Waals surface area (Å²) in [4.78, 5) is 22.7. The fourth-order valence-electron chi connectivity index (χ4n) is 2.77. The lowest BCUT2D eigenvalue weighted by Crippen LogP contribution is -2.53. The van der Waals surface area contributed by atoms with Crippen LogP contribution in [0.15, 0.2) is 0 Å². The van der Waals surface area contributed by atoms with Crippen LogP contribution in [0.2, 0.25) is 12.1 Å². The van der Waals surface area contributed by atoms with Crippen molar-refractivity contribution in [3.05, 3.63) is 0 Å². The molecule has 0 aliphatic heterocycles. The van der Waals surface area contributed by atoms with E-state index in [0.29, 0.717) is 31.4 Å². The van der Waals surface area contributed by atoms with E-state index in [2.05, 4.69) is 10.6 Å². The summed E-state index contributed by atoms with van der Waals surface area (Å²) in [7, 11) is -5.69. The molecule has 202 valence electrons. The number of carboxylic acid groups (broad SMARTS) is 1. The van der Waals surface area contributed by atoms with Gasteiger partial charge < -0.3 is 53.5 Å². The van der Waals surface area contributed by atoms with Gasteiger partial charge in [-0.3, -0.25) is 0 Å². The van der Waals surface area contributed by atoms with E-state index in [1.54, 1.807) is 0 Å². The van der Waals surface area contributed by atoms with Crippen molar-refractivity contribution in [1.82, 2.24) is 10.6 Å². The van der Waals surface area contributed by atoms with Crippen molar-refractivity contribution in [2.75, 3.05) is 65.2 Å². The van der Waals surface area contributed by atoms with Gasteiger partial charge in [0.25, 0.3) is 0 Å². The Morgan fingerprint density at radius 2 is 1.12 bits per heavy atom. The van der Waals surface area contributed by atoms with Crippen LogP contribution in [-0.4, -0.2) is 115 Å². The molecule has 2 atom stereocenters. The van der Waals surface area contributed by atoms with Gasteiger partial charge >= 0.3 is 29.3 Å². The fraction of sp³-hybridized carbons (Fsp3) is 0.895. The summed E-state index contributed by atoms with van der Waals surface area (Å²) in [5.41, 5.74) is 0. The first-order valence-corrected chi connectivity index (χ1v) is 16.0. The van der Waals surface area contributed by atoms with Crippen LogP contribution in [0.4, 0.5) is 9.59 Å². The van der Waals surface area contributed by atoms with Crippen LogP contribution < -0.4 is 10.6 Å². The maximum absolute atomic E-state index is 11.8. The third-order valence-electron chi connectivity index (χ3n) is 4.77. The Hall–Kier alpha value is -1.31. The Labute approximate surface area is 203 Å². The van der Waals surface area contributed by atoms with Crippen molar-refractivity contribution < 1.29 is 52.5 Å². The number of aliphatic hydroxyl groups excluding tert-OH is 3. The van der Waals surface area contributed by atoms with Crippen LogP contribution in [-0.2, 0) is 22.4 Å². The molecule has 6 N–H and O–H groups in total. The number of aliphatic hydroxyl groups is 3. The predicted molar refractivity (Wildman–Crippen MR) is 127 cm³/mol. The van der Waals surface area contributed by atoms with Gasteiger partial charge in [-0.25, -0.2) is 9.59 Å². The summed E-state index contributed by atoms with van der Waals surface area (Å²) in [5.74, 6) is 0. The number of rotatable bonds is 22. The second-order valence-corrected chi connectivity index (χ2v) is 14.2. The molecule has 0 saturated heterocycles. The largest absolute Gasteiger partial charge is 0.465 e. The minimum atomic E-state index is -2.85. The van der Waals surface area contributed by atoms with Gasteiger partial charge in [-0.2, -0.15) is 0 Å². The molecule has 34 heavy (non-hydrogen) atoms. The van der Waals surface area contributed by atoms with E-state index < -0.39 is 29.3 Å². The number of hydrogen-bond donors (Lipinski definition) is 6. The first kappa shape index (κ1) is 32.7. The monoisotopic (exact) mass is 530 g/mol. The standard InChI is InChI=1S/C19H42N2O11Si2/c1-3-33(16-20-18(25)26,29-11-5-8-22)31-13-7-14-32-34(4-2,30-12-6-9-23)17-21-19(27)28-15-10-24/h20,22-24H,3-17H2,1-2H3,(H,21,27)(H,25,26). The molecule has 0 radical (unpaired) electrons. The molecule has 0 aromatic heterocycles. The average molecular weight is 531 g/mol. The molecule has 0 rings (SSSR count). The van der Waals surface area contributed by atoms with E-state index in [4.69, 9.17) is 42.9 Å². The third-order valence-corrected chi connectivity index (χ3v) is 11.3. The molecule has 0 fully saturated rings. The molecular weight excluding hydrogens is 488 g/mol. The fourth-order valence-corrected chi connectivity index (χ4v) is 7.56. The summed E-state index contributed by atoms with van der Waals surface area (Å²) in [5, 5.41) is 40.7. The molecule has 0 aliphatic rings. The minimum absolute atomic E-state index is 0.0294. The lowest BCUT2D eigenvalue weighted by molar-refractivity contribution is 0.113. The number of alkyl carbamates (subject to hydrolysis) is 1. The van der Waals surface area contributed by atoms with Crippen LogP contribution in [0.5, 0.6) is 0 Å². The first-order chi connectivity index (χ1) is 16.3. The van der Waals surface area contributed by atoms with Crippen molar-refractivity contribution in [3.63, 3.8) is 0 Å². The molecule has 13 nitrogen and oxygen atoms in total. The van der Waals surface area contributed by atoms with E-state index >= 15 is 0 Å². The molecular formula is C19H42N2O11Si2. The molecule has 2 amide bonds. The molecule has 0 aromatic carbocycles. The van der Waals surface area contributed by atoms with E-state index in [1.165, 1.54) is 0 Å². The summed E-state index contributed by atoms with van der Waals surface area (Å²) in [6.07, 6.45) is -0.282. The normalized spacial score (nSPS) is 14.7. The van der Waals surface area contributed by atoms with Crippen LogP contribution in [0.3, 0.4) is 0 Å². The zero-order valence-electron chi connectivity index (χ0n) is 20.3. The van der Waals surface area contributed by atoms with E-state index in [9.17, 15) is 9.59 Å². The molecule has 0 spiro atoms. The van der Waals surface area contributed by atoms with Gasteiger partial charge in [0, 0.05) is 39.6 Å². The molecule has 2 unspecified atom stereocenters. The maximum Gasteiger partial charge on any atom is 0.407 e. The minimum Gasteiger partial charge on any atom is -0.465 e. The highest BCUT2D eigenvalue weighted by atomic mass is 28.4. The third kappa shape index (κ3) is 14.8. The van der Waals surface area contributed by atoms with Gasteiger partial charge in [0.05, 0.1) is 18.9 Å². The Morgan fingerprint density at radius 3 is 1.50 bits per heavy atom. The van der Waals surface area contributed by atoms with Crippen molar-refractivity contribution >= 4 is 29.3 Å². The summed E-state index contributed by atoms with van der Waals surface area (Å²) >= 11 is 0. The van der Waals surface area contributed by atoms with Crippen LogP contribution >= 0.6 is 0 Å². The zero-order valence-corrected chi connectivity index (χ0v) is 22.3. The van der Waals surface area contributed by atoms with Crippen molar-refractivity contribution in [2.24, 2.45) is 0 Å². The number of amides is 2. The van der Waals surface area contributed by atoms with E-state index in [-0.39, 0.29) is 65.2 Å². The van der Waals surface area contributed by atoms with Crippen LogP contribution in [0.1, 0.15) is 33.1 Å². The molecule has 0 aromatic rings. The molecule has 0 heterocycles. The van der Waals surface area contributed by atoms with Crippen molar-refractivity contribution in [1.29, 1.82) is 0 Å². The van der Waals surface area contributed by atoms with E-state index in [1.807, 2.05) is 13.8 Å². The van der Waals surface area contributed by atoms with Gasteiger partial charge in [0.2, 0.25) is 0 Å². The molecule has 0 bridgehead atoms. The first-order valence-electron chi connectivity index (χ1n) is 11.6. The number of nitrogens with one attached hydrogen (secondary N) is 2. The molecule has 0 saturated carbocycles. The molecule has 0 aliphatic carbocycles. The number of carbonyl (C=O) groups excluding carboxylic acids is 1. The highest BCUT2D eigenvalue weighted by Crippen LogP contribution is 2.16. The second kappa shape index (κ2) is 19.9. The predicted octanol–water partition coefficient (Wildman–Crippen LogP) is 0.196. The summed E-state index contributed by atoms with van der Waals surface area (Å²) in [6.45, 7) is 4.43. The van der Waals surface area contributed by atoms with Gasteiger partial charge in [0.1, 0.15) is 6.61 Å². The maximum atomic E-state index is 11.8. The smallest absolute Gasteiger partial charge is 0.407 e. The number of carbonyl (C=O) groups is 2. The van der Waals surface area contributed by atoms with Gasteiger partial charge in [-0.15, -0.1) is 0 Å². The van der Waals surface area contributed by atoms with Crippen molar-refractivity contribution in [2.45, 2.75) is 45.2 Å². The Kier molecular flexibility index (Phi) is 19.2. The van der Waals surface area contributed by atoms with E-state index in [0.717, 1.165) is 0 Å². The second-order valence-electron chi connectivity index (χ2n) is 7.30. The Bertz CT molecular complexity index is 550. The zero-order chi connectivity index (χ0) is 25.7. The van der Waals surface area contributed by atoms with Crippen molar-refractivity contribution in [3.8, 4) is 0 Å². The van der Waals surface area contributed by atoms with Gasteiger partial charge in [-0.05, 0) is 31.4 Å². The summed E-state index contributed by atoms with van der Waals surface area (Å²) in [6, 6.07) is 1.07. The topological polar surface area (TPSA) is 185 Å². The quantitative estimate of drug-likeness (QED) is 0.0829. The Morgan fingerprint density at radius 1 is 0.676 bits per heavy atom. The highest BCUT2D eigenvalue weighted by molar-refractivity contribution is 6.68. The number of ether oxygens (including phenoxy) is 1. The van der Waals surface area contributed by atoms with Crippen LogP contribution in [0, 0.1) is 0 Å². The number of hydrogen-bond acceptors (Lipinski definition) is 10. The lowest BCUT2D eigenvalue weighted by Gasteiger charge is -2.31. The molecule has 15 heteroatoms. The SMILES string of the molecule is CC[Si](CNC(=O)O)(OCCCO)OCCCO[Si](CC)(CNC(=O)OCCO)OCCCO. The lowest BCUT2D eigenvalue weighted by atomic mass is 10.5. The average Bonchev–Trinajstić information content (AvgIpc) is 2.83.